The SMILES string of the molecule is CCOc1cc(C(=O)N2CCNC(=O)C2C)cc(OCC)c1OCC. The van der Waals surface area contributed by atoms with Crippen LogP contribution >= 0.6 is 0 Å². The van der Waals surface area contributed by atoms with Crippen molar-refractivity contribution < 1.29 is 23.8 Å². The molecule has 1 N–H and O–H groups in total. The minimum atomic E-state index is -0.515. The van der Waals surface area contributed by atoms with Crippen LogP contribution in [0.3, 0.4) is 0 Å². The molecule has 0 radical (unpaired) electrons. The van der Waals surface area contributed by atoms with Crippen LogP contribution in [0.5, 0.6) is 17.2 Å². The van der Waals surface area contributed by atoms with Gasteiger partial charge < -0.3 is 24.4 Å². The van der Waals surface area contributed by atoms with E-state index in [2.05, 4.69) is 5.32 Å². The summed E-state index contributed by atoms with van der Waals surface area (Å²) in [7, 11) is 0. The first-order chi connectivity index (χ1) is 12.0. The third-order valence-electron chi connectivity index (χ3n) is 3.92. The molecule has 0 saturated carbocycles. The summed E-state index contributed by atoms with van der Waals surface area (Å²) >= 11 is 0. The van der Waals surface area contributed by atoms with Crippen LogP contribution in [0.15, 0.2) is 12.1 Å². The highest BCUT2D eigenvalue weighted by Gasteiger charge is 2.31. The molecule has 1 aromatic rings. The zero-order chi connectivity index (χ0) is 18.4. The number of amides is 2. The van der Waals surface area contributed by atoms with E-state index in [1.54, 1.807) is 24.0 Å². The number of ether oxygens (including phenoxy) is 3. The summed E-state index contributed by atoms with van der Waals surface area (Å²) in [4.78, 5) is 26.3. The fourth-order valence-electron chi connectivity index (χ4n) is 2.74. The maximum absolute atomic E-state index is 12.9. The second-order valence-electron chi connectivity index (χ2n) is 5.57. The Bertz CT molecular complexity index is 605. The van der Waals surface area contributed by atoms with Gasteiger partial charge in [0.1, 0.15) is 6.04 Å². The largest absolute Gasteiger partial charge is 0.490 e. The average Bonchev–Trinajstić information content (AvgIpc) is 2.59. The quantitative estimate of drug-likeness (QED) is 0.812. The minimum Gasteiger partial charge on any atom is -0.490 e. The molecule has 138 valence electrons. The minimum absolute atomic E-state index is 0.152. The van der Waals surface area contributed by atoms with E-state index >= 15 is 0 Å². The van der Waals surface area contributed by atoms with E-state index in [0.29, 0.717) is 55.7 Å². The molecule has 2 rings (SSSR count). The van der Waals surface area contributed by atoms with Gasteiger partial charge in [-0.2, -0.15) is 0 Å². The highest BCUT2D eigenvalue weighted by molar-refractivity contribution is 5.99. The smallest absolute Gasteiger partial charge is 0.254 e. The molecule has 1 fully saturated rings. The number of rotatable bonds is 7. The summed E-state index contributed by atoms with van der Waals surface area (Å²) in [6.07, 6.45) is 0. The van der Waals surface area contributed by atoms with Crippen LogP contribution in [0.1, 0.15) is 38.1 Å². The van der Waals surface area contributed by atoms with Crippen molar-refractivity contribution in [1.82, 2.24) is 10.2 Å². The van der Waals surface area contributed by atoms with Gasteiger partial charge in [-0.15, -0.1) is 0 Å². The average molecular weight is 350 g/mol. The molecule has 7 heteroatoms. The monoisotopic (exact) mass is 350 g/mol. The highest BCUT2D eigenvalue weighted by atomic mass is 16.5. The Kier molecular flexibility index (Phi) is 6.50. The number of carbonyl (C=O) groups excluding carboxylic acids is 2. The molecule has 1 saturated heterocycles. The zero-order valence-corrected chi connectivity index (χ0v) is 15.3. The predicted octanol–water partition coefficient (Wildman–Crippen LogP) is 1.84. The fourth-order valence-corrected chi connectivity index (χ4v) is 2.74. The van der Waals surface area contributed by atoms with Gasteiger partial charge in [0, 0.05) is 18.7 Å². The van der Waals surface area contributed by atoms with Crippen LogP contribution in [0.2, 0.25) is 0 Å². The third kappa shape index (κ3) is 4.15. The standard InChI is InChI=1S/C18H26N2O5/c1-5-23-14-10-13(11-15(24-6-2)16(14)25-7-3)18(22)20-9-8-19-17(21)12(20)4/h10-12H,5-9H2,1-4H3,(H,19,21). The van der Waals surface area contributed by atoms with Crippen LogP contribution in [0, 0.1) is 0 Å². The summed E-state index contributed by atoms with van der Waals surface area (Å²) in [6, 6.07) is 2.79. The van der Waals surface area contributed by atoms with Crippen molar-refractivity contribution in [3.63, 3.8) is 0 Å². The zero-order valence-electron chi connectivity index (χ0n) is 15.3. The van der Waals surface area contributed by atoms with Crippen molar-refractivity contribution in [3.05, 3.63) is 17.7 Å². The predicted molar refractivity (Wildman–Crippen MR) is 93.5 cm³/mol. The lowest BCUT2D eigenvalue weighted by Crippen LogP contribution is -2.55. The van der Waals surface area contributed by atoms with Crippen LogP contribution in [-0.4, -0.2) is 55.7 Å². The van der Waals surface area contributed by atoms with Gasteiger partial charge in [0.2, 0.25) is 11.7 Å². The van der Waals surface area contributed by atoms with E-state index in [0.717, 1.165) is 0 Å². The Morgan fingerprint density at radius 2 is 1.68 bits per heavy atom. The van der Waals surface area contributed by atoms with Crippen molar-refractivity contribution in [2.24, 2.45) is 0 Å². The number of nitrogens with zero attached hydrogens (tertiary/aromatic N) is 1. The number of piperazine rings is 1. The molecule has 1 aromatic carbocycles. The Hall–Kier alpha value is -2.44. The van der Waals surface area contributed by atoms with E-state index < -0.39 is 6.04 Å². The van der Waals surface area contributed by atoms with Gasteiger partial charge in [-0.05, 0) is 39.8 Å². The molecule has 7 nitrogen and oxygen atoms in total. The summed E-state index contributed by atoms with van der Waals surface area (Å²) in [5.74, 6) is 1.04. The van der Waals surface area contributed by atoms with Gasteiger partial charge in [0.25, 0.3) is 5.91 Å². The van der Waals surface area contributed by atoms with Crippen molar-refractivity contribution in [3.8, 4) is 17.2 Å². The molecule has 0 spiro atoms. The van der Waals surface area contributed by atoms with E-state index in [1.165, 1.54) is 0 Å². The van der Waals surface area contributed by atoms with E-state index in [1.807, 2.05) is 20.8 Å². The van der Waals surface area contributed by atoms with Gasteiger partial charge >= 0.3 is 0 Å². The first kappa shape index (κ1) is 18.9. The molecule has 0 aromatic heterocycles. The number of nitrogens with one attached hydrogen (secondary N) is 1. The number of hydrogen-bond donors (Lipinski definition) is 1. The number of carbonyl (C=O) groups is 2. The van der Waals surface area contributed by atoms with Gasteiger partial charge in [-0.1, -0.05) is 0 Å². The maximum Gasteiger partial charge on any atom is 0.254 e. The first-order valence-corrected chi connectivity index (χ1v) is 8.68. The summed E-state index contributed by atoms with van der Waals surface area (Å²) in [5.41, 5.74) is 0.414. The van der Waals surface area contributed by atoms with Crippen molar-refractivity contribution in [2.75, 3.05) is 32.9 Å². The molecule has 1 aliphatic rings. The first-order valence-electron chi connectivity index (χ1n) is 8.68. The lowest BCUT2D eigenvalue weighted by Gasteiger charge is -2.33. The third-order valence-corrected chi connectivity index (χ3v) is 3.92. The molecule has 0 bridgehead atoms. The second-order valence-corrected chi connectivity index (χ2v) is 5.57. The maximum atomic E-state index is 12.9. The van der Waals surface area contributed by atoms with Crippen LogP contribution in [0.25, 0.3) is 0 Å². The van der Waals surface area contributed by atoms with Crippen LogP contribution < -0.4 is 19.5 Å². The Morgan fingerprint density at radius 1 is 1.12 bits per heavy atom. The van der Waals surface area contributed by atoms with E-state index in [-0.39, 0.29) is 11.8 Å². The summed E-state index contributed by atoms with van der Waals surface area (Å²) in [5, 5.41) is 2.76. The van der Waals surface area contributed by atoms with Gasteiger partial charge in [-0.3, -0.25) is 9.59 Å². The molecule has 1 atom stereocenters. The van der Waals surface area contributed by atoms with Crippen molar-refractivity contribution in [1.29, 1.82) is 0 Å². The van der Waals surface area contributed by atoms with Crippen molar-refractivity contribution >= 4 is 11.8 Å². The van der Waals surface area contributed by atoms with Crippen molar-refractivity contribution in [2.45, 2.75) is 33.7 Å². The lowest BCUT2D eigenvalue weighted by molar-refractivity contribution is -0.127. The molecular weight excluding hydrogens is 324 g/mol. The van der Waals surface area contributed by atoms with Crippen LogP contribution in [0.4, 0.5) is 0 Å². The molecular formula is C18H26N2O5. The number of hydrogen-bond acceptors (Lipinski definition) is 5. The lowest BCUT2D eigenvalue weighted by atomic mass is 10.1. The van der Waals surface area contributed by atoms with Gasteiger partial charge in [0.15, 0.2) is 11.5 Å². The van der Waals surface area contributed by atoms with E-state index in [9.17, 15) is 9.59 Å². The molecule has 25 heavy (non-hydrogen) atoms. The number of benzene rings is 1. The molecule has 1 aliphatic heterocycles. The molecule has 2 amide bonds. The Morgan fingerprint density at radius 3 is 2.20 bits per heavy atom. The normalized spacial score (nSPS) is 17.0. The molecule has 1 heterocycles. The molecule has 0 aliphatic carbocycles. The molecule has 1 unspecified atom stereocenters. The topological polar surface area (TPSA) is 77.1 Å². The van der Waals surface area contributed by atoms with Gasteiger partial charge in [-0.25, -0.2) is 0 Å². The highest BCUT2D eigenvalue weighted by Crippen LogP contribution is 2.39. The summed E-state index contributed by atoms with van der Waals surface area (Å²) in [6.45, 7) is 9.56. The summed E-state index contributed by atoms with van der Waals surface area (Å²) < 4.78 is 16.9. The fraction of sp³-hybridized carbons (Fsp3) is 0.556. The van der Waals surface area contributed by atoms with E-state index in [4.69, 9.17) is 14.2 Å². The Balaban J connectivity index is 2.42. The van der Waals surface area contributed by atoms with Crippen LogP contribution in [-0.2, 0) is 4.79 Å². The Labute approximate surface area is 148 Å². The second kappa shape index (κ2) is 8.60. The van der Waals surface area contributed by atoms with Gasteiger partial charge in [0.05, 0.1) is 19.8 Å².